The molecule has 1 aliphatic heterocycles. The van der Waals surface area contributed by atoms with Gasteiger partial charge < -0.3 is 19.8 Å². The Hall–Kier alpha value is -3.63. The van der Waals surface area contributed by atoms with Crippen molar-refractivity contribution in [2.45, 2.75) is 6.04 Å². The molecule has 0 aliphatic carbocycles. The first-order valence-corrected chi connectivity index (χ1v) is 9.07. The van der Waals surface area contributed by atoms with Crippen molar-refractivity contribution in [3.8, 4) is 0 Å². The first-order chi connectivity index (χ1) is 14.5. The summed E-state index contributed by atoms with van der Waals surface area (Å²) >= 11 is 0. The van der Waals surface area contributed by atoms with Crippen LogP contribution in [0.5, 0.6) is 0 Å². The second kappa shape index (κ2) is 9.25. The van der Waals surface area contributed by atoms with Crippen molar-refractivity contribution in [1.82, 2.24) is 9.88 Å². The number of hydrogen-bond donors (Lipinski definition) is 2. The zero-order valence-corrected chi connectivity index (χ0v) is 15.8. The van der Waals surface area contributed by atoms with Crippen LogP contribution in [0.2, 0.25) is 0 Å². The van der Waals surface area contributed by atoms with Crippen LogP contribution < -0.4 is 0 Å². The van der Waals surface area contributed by atoms with Crippen LogP contribution in [0.25, 0.3) is 5.76 Å². The Morgan fingerprint density at radius 2 is 2.03 bits per heavy atom. The molecular weight excluding hydrogens is 394 g/mol. The van der Waals surface area contributed by atoms with Crippen LogP contribution in [-0.4, -0.2) is 63.1 Å². The Kier molecular flexibility index (Phi) is 6.50. The number of likely N-dealkylation sites (tertiary alicyclic amines) is 1. The Balaban J connectivity index is 2.07. The van der Waals surface area contributed by atoms with Crippen molar-refractivity contribution in [1.29, 1.82) is 0 Å². The highest BCUT2D eigenvalue weighted by Gasteiger charge is 2.46. The highest BCUT2D eigenvalue weighted by molar-refractivity contribution is 6.46. The third-order valence-electron chi connectivity index (χ3n) is 4.58. The fraction of sp³-hybridized carbons (Fsp3) is 0.250. The van der Waals surface area contributed by atoms with Crippen LogP contribution in [0.4, 0.5) is 5.69 Å². The number of nitro groups is 1. The van der Waals surface area contributed by atoms with Crippen LogP contribution in [0.15, 0.2) is 54.4 Å². The molecule has 2 heterocycles. The van der Waals surface area contributed by atoms with Crippen molar-refractivity contribution in [3.63, 3.8) is 0 Å². The van der Waals surface area contributed by atoms with Crippen molar-refractivity contribution >= 4 is 23.1 Å². The number of rotatable bonds is 8. The number of nitrogens with zero attached hydrogens (tertiary/aromatic N) is 3. The van der Waals surface area contributed by atoms with Crippen LogP contribution in [-0.2, 0) is 14.3 Å². The van der Waals surface area contributed by atoms with E-state index in [4.69, 9.17) is 9.84 Å². The molecule has 10 nitrogen and oxygen atoms in total. The van der Waals surface area contributed by atoms with E-state index in [0.717, 1.165) is 6.07 Å². The lowest BCUT2D eigenvalue weighted by Crippen LogP contribution is -2.33. The molecule has 2 aromatic rings. The van der Waals surface area contributed by atoms with E-state index in [1.807, 2.05) is 0 Å². The van der Waals surface area contributed by atoms with Gasteiger partial charge in [-0.1, -0.05) is 18.2 Å². The topological polar surface area (TPSA) is 143 Å². The first-order valence-electron chi connectivity index (χ1n) is 9.07. The lowest BCUT2D eigenvalue weighted by Gasteiger charge is -2.24. The molecule has 3 rings (SSSR count). The summed E-state index contributed by atoms with van der Waals surface area (Å²) < 4.78 is 5.21. The van der Waals surface area contributed by atoms with Gasteiger partial charge in [-0.2, -0.15) is 0 Å². The number of amides is 1. The smallest absolute Gasteiger partial charge is 0.295 e. The Bertz CT molecular complexity index is 991. The maximum atomic E-state index is 12.8. The van der Waals surface area contributed by atoms with E-state index in [1.165, 1.54) is 35.5 Å². The average molecular weight is 413 g/mol. The van der Waals surface area contributed by atoms with Crippen LogP contribution >= 0.6 is 0 Å². The van der Waals surface area contributed by atoms with Gasteiger partial charge >= 0.3 is 0 Å². The van der Waals surface area contributed by atoms with Gasteiger partial charge in [-0.05, 0) is 11.6 Å². The number of hydrogen-bond acceptors (Lipinski definition) is 8. The van der Waals surface area contributed by atoms with Crippen molar-refractivity contribution < 1.29 is 29.5 Å². The minimum atomic E-state index is -0.935. The maximum Gasteiger partial charge on any atom is 0.295 e. The van der Waals surface area contributed by atoms with Crippen molar-refractivity contribution in [3.05, 3.63) is 75.6 Å². The number of non-ortho nitro benzene ring substituents is 1. The predicted octanol–water partition coefficient (Wildman–Crippen LogP) is 1.42. The summed E-state index contributed by atoms with van der Waals surface area (Å²) in [5.74, 6) is -2.25. The molecular formula is C20H19N3O7. The fourth-order valence-corrected chi connectivity index (χ4v) is 3.25. The molecule has 0 radical (unpaired) electrons. The number of Topliss-reactive ketones (excluding diaryl/α,β-unsaturated/α-hetero) is 1. The highest BCUT2D eigenvalue weighted by Crippen LogP contribution is 2.39. The molecule has 2 N–H and O–H groups in total. The predicted molar refractivity (Wildman–Crippen MR) is 104 cm³/mol. The van der Waals surface area contributed by atoms with Crippen LogP contribution in [0.3, 0.4) is 0 Å². The molecule has 1 aromatic heterocycles. The average Bonchev–Trinajstić information content (AvgIpc) is 3.01. The number of ether oxygens (including phenoxy) is 1. The third kappa shape index (κ3) is 4.19. The van der Waals surface area contributed by atoms with Crippen molar-refractivity contribution in [2.24, 2.45) is 0 Å². The Morgan fingerprint density at radius 1 is 1.23 bits per heavy atom. The minimum absolute atomic E-state index is 0.0376. The van der Waals surface area contributed by atoms with Crippen LogP contribution in [0.1, 0.15) is 17.2 Å². The lowest BCUT2D eigenvalue weighted by atomic mass is 9.96. The number of aliphatic hydroxyl groups is 2. The van der Waals surface area contributed by atoms with E-state index >= 15 is 0 Å². The standard InChI is InChI=1S/C20H19N3O7/c24-8-10-30-9-7-22-17(14-4-2-6-21-12-14)16(19(26)20(22)27)18(25)13-3-1-5-15(11-13)23(28)29/h1-6,11-12,17,24-25H,7-10H2/t17-/m0/s1. The Morgan fingerprint density at radius 3 is 2.70 bits per heavy atom. The van der Waals surface area contributed by atoms with Crippen LogP contribution in [0, 0.1) is 10.1 Å². The second-order valence-corrected chi connectivity index (χ2v) is 6.42. The quantitative estimate of drug-likeness (QED) is 0.165. The number of aliphatic hydroxyl groups excluding tert-OH is 2. The molecule has 1 aliphatic rings. The monoisotopic (exact) mass is 413 g/mol. The van der Waals surface area contributed by atoms with Crippen molar-refractivity contribution in [2.75, 3.05) is 26.4 Å². The van der Waals surface area contributed by atoms with E-state index < -0.39 is 28.4 Å². The molecule has 1 atom stereocenters. The van der Waals surface area contributed by atoms with Gasteiger partial charge in [-0.15, -0.1) is 0 Å². The largest absolute Gasteiger partial charge is 0.507 e. The zero-order valence-electron chi connectivity index (χ0n) is 15.8. The molecule has 1 amide bonds. The molecule has 0 unspecified atom stereocenters. The minimum Gasteiger partial charge on any atom is -0.507 e. The number of aromatic nitrogens is 1. The fourth-order valence-electron chi connectivity index (χ4n) is 3.25. The lowest BCUT2D eigenvalue weighted by molar-refractivity contribution is -0.384. The summed E-state index contributed by atoms with van der Waals surface area (Å²) in [5.41, 5.74) is 0.0951. The van der Waals surface area contributed by atoms with E-state index in [-0.39, 0.29) is 43.2 Å². The summed E-state index contributed by atoms with van der Waals surface area (Å²) in [4.78, 5) is 41.2. The Labute approximate surface area is 171 Å². The van der Waals surface area contributed by atoms with Gasteiger partial charge in [0.1, 0.15) is 5.76 Å². The SMILES string of the molecule is O=C1C(=O)N(CCOCCO)[C@@H](c2cccnc2)C1=C(O)c1cccc([N+](=O)[O-])c1. The van der Waals surface area contributed by atoms with Gasteiger partial charge in [-0.3, -0.25) is 24.7 Å². The molecule has 0 bridgehead atoms. The van der Waals surface area contributed by atoms with Gasteiger partial charge in [0.05, 0.1) is 36.4 Å². The molecule has 1 saturated heterocycles. The van der Waals surface area contributed by atoms with Gasteiger partial charge in [0.2, 0.25) is 0 Å². The van der Waals surface area contributed by atoms with E-state index in [9.17, 15) is 24.8 Å². The molecule has 1 aromatic carbocycles. The van der Waals surface area contributed by atoms with E-state index in [1.54, 1.807) is 12.1 Å². The number of carbonyl (C=O) groups excluding carboxylic acids is 2. The molecule has 156 valence electrons. The summed E-state index contributed by atoms with van der Waals surface area (Å²) in [7, 11) is 0. The summed E-state index contributed by atoms with van der Waals surface area (Å²) in [6, 6.07) is 7.54. The summed E-state index contributed by atoms with van der Waals surface area (Å²) in [6.45, 7) is 0.00382. The number of pyridine rings is 1. The maximum absolute atomic E-state index is 12.8. The van der Waals surface area contributed by atoms with Gasteiger partial charge in [-0.25, -0.2) is 0 Å². The molecule has 30 heavy (non-hydrogen) atoms. The number of ketones is 1. The molecule has 10 heteroatoms. The third-order valence-corrected chi connectivity index (χ3v) is 4.58. The summed E-state index contributed by atoms with van der Waals surface area (Å²) in [5, 5.41) is 30.7. The highest BCUT2D eigenvalue weighted by atomic mass is 16.6. The number of nitro benzene ring substituents is 1. The molecule has 0 spiro atoms. The second-order valence-electron chi connectivity index (χ2n) is 6.42. The summed E-state index contributed by atoms with van der Waals surface area (Å²) in [6.07, 6.45) is 3.00. The normalized spacial score (nSPS) is 18.0. The van der Waals surface area contributed by atoms with Gasteiger partial charge in [0, 0.05) is 36.6 Å². The van der Waals surface area contributed by atoms with E-state index in [2.05, 4.69) is 4.98 Å². The molecule has 1 fully saturated rings. The number of benzene rings is 1. The zero-order chi connectivity index (χ0) is 21.7. The number of carbonyl (C=O) groups is 2. The first kappa shape index (κ1) is 21.1. The van der Waals surface area contributed by atoms with E-state index in [0.29, 0.717) is 5.56 Å². The van der Waals surface area contributed by atoms with Gasteiger partial charge in [0.15, 0.2) is 0 Å². The molecule has 0 saturated carbocycles. The van der Waals surface area contributed by atoms with Gasteiger partial charge in [0.25, 0.3) is 17.4 Å².